The van der Waals surface area contributed by atoms with Gasteiger partial charge in [-0.2, -0.15) is 15.3 Å². The summed E-state index contributed by atoms with van der Waals surface area (Å²) in [6.45, 7) is -0.0670. The SMILES string of the molecule is Cn1c(-c2nn(-c3ccccc3)c3ccccc23)cnc1CO.OCc1coc(-c2nn(-c3ccccc3)c3ccccc23)c1.OCc1csc(-c2nn(-c3ccccc3)c3ccccc23)c1. The Balaban J connectivity index is 0.000000118. The zero-order chi connectivity index (χ0) is 45.7. The molecule has 0 amide bonds. The van der Waals surface area contributed by atoms with Gasteiger partial charge in [0.1, 0.15) is 29.5 Å². The van der Waals surface area contributed by atoms with Gasteiger partial charge in [0.25, 0.3) is 0 Å². The number of aliphatic hydroxyl groups excluding tert-OH is 3. The molecule has 0 saturated heterocycles. The minimum Gasteiger partial charge on any atom is -0.462 e. The Bertz CT molecular complexity index is 3410. The number of thiophene rings is 1. The van der Waals surface area contributed by atoms with Crippen LogP contribution >= 0.6 is 11.3 Å². The smallest absolute Gasteiger partial charge is 0.155 e. The molecule has 330 valence electrons. The molecule has 12 aromatic rings. The minimum absolute atomic E-state index is 0.0408. The molecule has 3 N–H and O–H groups in total. The fourth-order valence-electron chi connectivity index (χ4n) is 8.03. The number of aromatic nitrogens is 8. The Morgan fingerprint density at radius 2 is 0.940 bits per heavy atom. The van der Waals surface area contributed by atoms with E-state index in [-0.39, 0.29) is 19.8 Å². The van der Waals surface area contributed by atoms with Crippen LogP contribution in [-0.2, 0) is 26.9 Å². The van der Waals surface area contributed by atoms with Crippen LogP contribution in [0.15, 0.2) is 198 Å². The van der Waals surface area contributed by atoms with Crippen LogP contribution in [0.2, 0.25) is 0 Å². The maximum Gasteiger partial charge on any atom is 0.155 e. The van der Waals surface area contributed by atoms with Crippen molar-refractivity contribution in [3.05, 3.63) is 211 Å². The minimum atomic E-state index is -0.0895. The van der Waals surface area contributed by atoms with E-state index in [4.69, 9.17) is 19.7 Å². The van der Waals surface area contributed by atoms with Crippen molar-refractivity contribution < 1.29 is 19.7 Å². The van der Waals surface area contributed by atoms with E-state index in [0.717, 1.165) is 88.6 Å². The van der Waals surface area contributed by atoms with Gasteiger partial charge >= 0.3 is 0 Å². The summed E-state index contributed by atoms with van der Waals surface area (Å²) in [5.41, 5.74) is 11.4. The van der Waals surface area contributed by atoms with Gasteiger partial charge < -0.3 is 24.3 Å². The van der Waals surface area contributed by atoms with E-state index >= 15 is 0 Å². The Morgan fingerprint density at radius 1 is 0.493 bits per heavy atom. The second kappa shape index (κ2) is 19.1. The van der Waals surface area contributed by atoms with Gasteiger partial charge in [0.15, 0.2) is 5.76 Å². The third-order valence-electron chi connectivity index (χ3n) is 11.4. The van der Waals surface area contributed by atoms with Crippen molar-refractivity contribution in [3.8, 4) is 50.5 Å². The number of hydrogen-bond acceptors (Lipinski definition) is 9. The largest absolute Gasteiger partial charge is 0.462 e. The van der Waals surface area contributed by atoms with Crippen LogP contribution in [0.5, 0.6) is 0 Å². The summed E-state index contributed by atoms with van der Waals surface area (Å²) in [5, 5.41) is 47.4. The molecule has 0 bridgehead atoms. The fraction of sp³-hybridized carbons (Fsp3) is 0.0741. The van der Waals surface area contributed by atoms with Gasteiger partial charge in [-0.25, -0.2) is 19.0 Å². The molecule has 0 aliphatic rings. The lowest BCUT2D eigenvalue weighted by Gasteiger charge is -2.03. The van der Waals surface area contributed by atoms with Crippen LogP contribution < -0.4 is 0 Å². The Morgan fingerprint density at radius 3 is 1.40 bits per heavy atom. The number of hydrogen-bond donors (Lipinski definition) is 3. The molecule has 12 rings (SSSR count). The van der Waals surface area contributed by atoms with Gasteiger partial charge in [-0.15, -0.1) is 11.3 Å². The summed E-state index contributed by atoms with van der Waals surface area (Å²) >= 11 is 1.61. The topological polar surface area (TPSA) is 145 Å². The monoisotopic (exact) mass is 900 g/mol. The van der Waals surface area contributed by atoms with Crippen LogP contribution in [-0.4, -0.2) is 54.2 Å². The third-order valence-corrected chi connectivity index (χ3v) is 12.4. The summed E-state index contributed by atoms with van der Waals surface area (Å²) in [5.74, 6) is 1.29. The van der Waals surface area contributed by atoms with Gasteiger partial charge in [-0.3, -0.25) is 0 Å². The van der Waals surface area contributed by atoms with Crippen molar-refractivity contribution in [2.45, 2.75) is 19.8 Å². The summed E-state index contributed by atoms with van der Waals surface area (Å²) < 4.78 is 13.3. The Kier molecular flexibility index (Phi) is 12.2. The second-order valence-corrected chi connectivity index (χ2v) is 16.5. The average Bonchev–Trinajstić information content (AvgIpc) is 4.27. The summed E-state index contributed by atoms with van der Waals surface area (Å²) in [6.07, 6.45) is 3.32. The van der Waals surface area contributed by atoms with Crippen LogP contribution in [0.4, 0.5) is 0 Å². The lowest BCUT2D eigenvalue weighted by molar-refractivity contribution is 0.267. The van der Waals surface area contributed by atoms with E-state index in [0.29, 0.717) is 11.6 Å². The molecule has 0 aliphatic carbocycles. The number of para-hydroxylation sites is 6. The molecule has 0 fully saturated rings. The molecule has 13 heteroatoms. The summed E-state index contributed by atoms with van der Waals surface area (Å²) in [7, 11) is 1.89. The zero-order valence-corrected chi connectivity index (χ0v) is 37.1. The highest BCUT2D eigenvalue weighted by Crippen LogP contribution is 2.35. The molecule has 12 nitrogen and oxygen atoms in total. The third kappa shape index (κ3) is 8.47. The molecule has 0 atom stereocenters. The first-order valence-corrected chi connectivity index (χ1v) is 22.5. The first kappa shape index (κ1) is 42.7. The fourth-order valence-corrected chi connectivity index (χ4v) is 8.93. The highest BCUT2D eigenvalue weighted by atomic mass is 32.1. The quantitative estimate of drug-likeness (QED) is 0.130. The molecule has 6 heterocycles. The number of aliphatic hydroxyl groups is 3. The number of rotatable bonds is 9. The van der Waals surface area contributed by atoms with Crippen molar-refractivity contribution >= 4 is 44.0 Å². The maximum absolute atomic E-state index is 9.37. The van der Waals surface area contributed by atoms with Gasteiger partial charge in [0, 0.05) is 28.8 Å². The standard InChI is InChI=1S/C18H16N4O.C18H14N2O2.C18H14N2OS/c1-21-16(11-19-17(21)12-23)18-14-9-5-6-10-15(14)22(20-18)13-7-3-2-4-8-13;2*21-11-13-10-17(22-12-13)18-15-8-4-5-9-16(15)20(19-18)14-6-2-1-3-7-14/h2-11,23H,12H2,1H3;2*1-10,12,21H,11H2. The van der Waals surface area contributed by atoms with E-state index in [9.17, 15) is 15.3 Å². The summed E-state index contributed by atoms with van der Waals surface area (Å²) in [6, 6.07) is 58.4. The Hall–Kier alpha value is -8.20. The van der Waals surface area contributed by atoms with Gasteiger partial charge in [0.05, 0.1) is 69.9 Å². The molecule has 0 radical (unpaired) electrons. The number of benzene rings is 6. The van der Waals surface area contributed by atoms with E-state index < -0.39 is 0 Å². The highest BCUT2D eigenvalue weighted by molar-refractivity contribution is 7.13. The van der Waals surface area contributed by atoms with Crippen LogP contribution in [0.1, 0.15) is 17.0 Å². The van der Waals surface area contributed by atoms with E-state index in [1.807, 2.05) is 171 Å². The predicted molar refractivity (Wildman–Crippen MR) is 264 cm³/mol. The average molecular weight is 901 g/mol. The Labute approximate surface area is 389 Å². The molecule has 0 saturated carbocycles. The van der Waals surface area contributed by atoms with E-state index in [1.165, 1.54) is 0 Å². The van der Waals surface area contributed by atoms with Crippen molar-refractivity contribution in [3.63, 3.8) is 0 Å². The van der Waals surface area contributed by atoms with E-state index in [2.05, 4.69) is 41.4 Å². The zero-order valence-electron chi connectivity index (χ0n) is 36.3. The second-order valence-electron chi connectivity index (χ2n) is 15.6. The lowest BCUT2D eigenvalue weighted by Crippen LogP contribution is -2.00. The van der Waals surface area contributed by atoms with Crippen molar-refractivity contribution in [2.75, 3.05) is 0 Å². The normalized spacial score (nSPS) is 11.2. The van der Waals surface area contributed by atoms with Crippen molar-refractivity contribution in [2.24, 2.45) is 7.05 Å². The first-order valence-electron chi connectivity index (χ1n) is 21.6. The number of nitrogens with zero attached hydrogens (tertiary/aromatic N) is 8. The van der Waals surface area contributed by atoms with Crippen LogP contribution in [0.25, 0.3) is 83.2 Å². The first-order chi connectivity index (χ1) is 33.0. The molecule has 6 aromatic heterocycles. The molecular formula is C54H44N8O4S. The summed E-state index contributed by atoms with van der Waals surface area (Å²) in [4.78, 5) is 5.34. The van der Waals surface area contributed by atoms with Gasteiger partial charge in [0.2, 0.25) is 0 Å². The van der Waals surface area contributed by atoms with Gasteiger partial charge in [-0.05, 0) is 77.7 Å². The predicted octanol–water partition coefficient (Wildman–Crippen LogP) is 10.9. The molecule has 6 aromatic carbocycles. The van der Waals surface area contributed by atoms with Crippen molar-refractivity contribution in [1.82, 2.24) is 38.9 Å². The molecule has 0 aliphatic heterocycles. The van der Waals surface area contributed by atoms with Gasteiger partial charge in [-0.1, -0.05) is 109 Å². The molecule has 0 spiro atoms. The number of furan rings is 1. The maximum atomic E-state index is 9.37. The number of fused-ring (bicyclic) bond motifs is 3. The molecule has 67 heavy (non-hydrogen) atoms. The van der Waals surface area contributed by atoms with Crippen LogP contribution in [0.3, 0.4) is 0 Å². The molecular weight excluding hydrogens is 857 g/mol. The lowest BCUT2D eigenvalue weighted by atomic mass is 10.1. The highest BCUT2D eigenvalue weighted by Gasteiger charge is 2.19. The molecule has 0 unspecified atom stereocenters. The van der Waals surface area contributed by atoms with Crippen molar-refractivity contribution in [1.29, 1.82) is 0 Å². The van der Waals surface area contributed by atoms with Crippen LogP contribution in [0, 0.1) is 0 Å². The number of imidazole rings is 1. The van der Waals surface area contributed by atoms with E-state index in [1.54, 1.807) is 23.8 Å².